The van der Waals surface area contributed by atoms with Gasteiger partial charge in [-0.1, -0.05) is 23.7 Å². The lowest BCUT2D eigenvalue weighted by atomic mass is 10.0. The lowest BCUT2D eigenvalue weighted by Gasteiger charge is -2.10. The van der Waals surface area contributed by atoms with E-state index in [1.807, 2.05) is 0 Å². The molecule has 2 aromatic rings. The quantitative estimate of drug-likeness (QED) is 0.893. The maximum Gasteiger partial charge on any atom is 0.142 e. The molecule has 0 radical (unpaired) electrons. The molecule has 0 aliphatic heterocycles. The first-order valence-electron chi connectivity index (χ1n) is 4.89. The maximum absolute atomic E-state index is 13.2. The van der Waals surface area contributed by atoms with Crippen LogP contribution in [0.4, 0.5) is 4.39 Å². The monoisotopic (exact) mass is 239 g/mol. The van der Waals surface area contributed by atoms with Crippen LogP contribution in [0.1, 0.15) is 17.2 Å². The van der Waals surface area contributed by atoms with E-state index >= 15 is 0 Å². The average Bonchev–Trinajstić information content (AvgIpc) is 2.78. The number of halogens is 2. The summed E-state index contributed by atoms with van der Waals surface area (Å²) in [6, 6.07) is 6.27. The van der Waals surface area contributed by atoms with Crippen molar-refractivity contribution in [3.63, 3.8) is 0 Å². The van der Waals surface area contributed by atoms with E-state index in [-0.39, 0.29) is 11.1 Å². The van der Waals surface area contributed by atoms with Gasteiger partial charge in [-0.15, -0.1) is 0 Å². The normalized spacial score (nSPS) is 12.7. The summed E-state index contributed by atoms with van der Waals surface area (Å²) >= 11 is 5.84. The lowest BCUT2D eigenvalue weighted by molar-refractivity contribution is 0.558. The van der Waals surface area contributed by atoms with Gasteiger partial charge in [-0.25, -0.2) is 4.39 Å². The molecule has 1 atom stereocenters. The van der Waals surface area contributed by atoms with Crippen LogP contribution in [-0.4, -0.2) is 0 Å². The molecular formula is C12H11ClFNO. The minimum absolute atomic E-state index is 0.140. The Bertz CT molecular complexity index is 470. The Morgan fingerprint density at radius 2 is 2.19 bits per heavy atom. The lowest BCUT2D eigenvalue weighted by Crippen LogP contribution is -2.12. The number of nitrogens with two attached hydrogens (primary N) is 1. The number of benzene rings is 1. The molecule has 2 N–H and O–H groups in total. The van der Waals surface area contributed by atoms with Crippen molar-refractivity contribution in [3.8, 4) is 0 Å². The van der Waals surface area contributed by atoms with Crippen molar-refractivity contribution in [1.29, 1.82) is 0 Å². The van der Waals surface area contributed by atoms with Crippen LogP contribution in [0, 0.1) is 5.82 Å². The molecule has 1 unspecified atom stereocenters. The van der Waals surface area contributed by atoms with E-state index in [1.165, 1.54) is 6.07 Å². The maximum atomic E-state index is 13.2. The SMILES string of the molecule is NC(Cc1cccc(F)c1Cl)c1ccoc1. The molecule has 1 heterocycles. The van der Waals surface area contributed by atoms with Gasteiger partial charge in [0.05, 0.1) is 17.5 Å². The van der Waals surface area contributed by atoms with Crippen LogP contribution < -0.4 is 5.73 Å². The molecule has 0 saturated heterocycles. The van der Waals surface area contributed by atoms with Crippen molar-refractivity contribution < 1.29 is 8.81 Å². The molecule has 0 aliphatic rings. The van der Waals surface area contributed by atoms with Gasteiger partial charge in [0.25, 0.3) is 0 Å². The van der Waals surface area contributed by atoms with Crippen LogP contribution in [0.3, 0.4) is 0 Å². The first-order valence-corrected chi connectivity index (χ1v) is 5.27. The number of rotatable bonds is 3. The van der Waals surface area contributed by atoms with E-state index in [4.69, 9.17) is 21.8 Å². The van der Waals surface area contributed by atoms with Gasteiger partial charge in [0.15, 0.2) is 0 Å². The van der Waals surface area contributed by atoms with Crippen molar-refractivity contribution in [3.05, 3.63) is 58.8 Å². The summed E-state index contributed by atoms with van der Waals surface area (Å²) in [4.78, 5) is 0. The molecule has 0 aliphatic carbocycles. The van der Waals surface area contributed by atoms with Gasteiger partial charge < -0.3 is 10.2 Å². The van der Waals surface area contributed by atoms with Gasteiger partial charge in [-0.2, -0.15) is 0 Å². The van der Waals surface area contributed by atoms with Crippen molar-refractivity contribution in [2.75, 3.05) is 0 Å². The second-order valence-corrected chi connectivity index (χ2v) is 3.96. The molecule has 1 aromatic heterocycles. The van der Waals surface area contributed by atoms with E-state index in [2.05, 4.69) is 0 Å². The predicted molar refractivity (Wildman–Crippen MR) is 60.8 cm³/mol. The fourth-order valence-electron chi connectivity index (χ4n) is 1.55. The topological polar surface area (TPSA) is 39.2 Å². The molecular weight excluding hydrogens is 229 g/mol. The van der Waals surface area contributed by atoms with Gasteiger partial charge in [0, 0.05) is 11.6 Å². The first-order chi connectivity index (χ1) is 7.68. The second-order valence-electron chi connectivity index (χ2n) is 3.58. The highest BCUT2D eigenvalue weighted by Crippen LogP contribution is 2.24. The summed E-state index contributed by atoms with van der Waals surface area (Å²) < 4.78 is 18.1. The Labute approximate surface area is 97.8 Å². The van der Waals surface area contributed by atoms with E-state index in [1.54, 1.807) is 30.7 Å². The fourth-order valence-corrected chi connectivity index (χ4v) is 1.75. The van der Waals surface area contributed by atoms with Gasteiger partial charge >= 0.3 is 0 Å². The summed E-state index contributed by atoms with van der Waals surface area (Å²) in [5.74, 6) is -0.418. The third-order valence-electron chi connectivity index (χ3n) is 2.44. The Morgan fingerprint density at radius 3 is 2.88 bits per heavy atom. The number of hydrogen-bond acceptors (Lipinski definition) is 2. The molecule has 0 spiro atoms. The minimum atomic E-state index is -0.418. The molecule has 0 bridgehead atoms. The molecule has 0 amide bonds. The summed E-state index contributed by atoms with van der Waals surface area (Å²) in [6.07, 6.45) is 3.62. The van der Waals surface area contributed by atoms with Crippen LogP contribution in [0.2, 0.25) is 5.02 Å². The molecule has 4 heteroatoms. The second kappa shape index (κ2) is 4.68. The molecule has 0 fully saturated rings. The van der Waals surface area contributed by atoms with Crippen molar-refractivity contribution in [2.45, 2.75) is 12.5 Å². The molecule has 1 aromatic carbocycles. The zero-order chi connectivity index (χ0) is 11.5. The number of furan rings is 1. The molecule has 2 rings (SSSR count). The van der Waals surface area contributed by atoms with Crippen LogP contribution in [-0.2, 0) is 6.42 Å². The highest BCUT2D eigenvalue weighted by Gasteiger charge is 2.12. The van der Waals surface area contributed by atoms with Gasteiger partial charge in [-0.3, -0.25) is 0 Å². The standard InChI is InChI=1S/C12H11ClFNO/c13-12-8(2-1-3-10(12)14)6-11(15)9-4-5-16-7-9/h1-5,7,11H,6,15H2. The van der Waals surface area contributed by atoms with Crippen molar-refractivity contribution in [2.24, 2.45) is 5.73 Å². The van der Waals surface area contributed by atoms with E-state index in [0.717, 1.165) is 5.56 Å². The summed E-state index contributed by atoms with van der Waals surface area (Å²) in [7, 11) is 0. The van der Waals surface area contributed by atoms with E-state index in [9.17, 15) is 4.39 Å². The van der Waals surface area contributed by atoms with Crippen LogP contribution >= 0.6 is 11.6 Å². The van der Waals surface area contributed by atoms with Crippen LogP contribution in [0.15, 0.2) is 41.2 Å². The average molecular weight is 240 g/mol. The summed E-state index contributed by atoms with van der Waals surface area (Å²) in [5, 5.41) is 0.140. The summed E-state index contributed by atoms with van der Waals surface area (Å²) in [6.45, 7) is 0. The van der Waals surface area contributed by atoms with Gasteiger partial charge in [-0.05, 0) is 24.1 Å². The van der Waals surface area contributed by atoms with Crippen molar-refractivity contribution in [1.82, 2.24) is 0 Å². The summed E-state index contributed by atoms with van der Waals surface area (Å²) in [5.41, 5.74) is 7.53. The van der Waals surface area contributed by atoms with Crippen LogP contribution in [0.25, 0.3) is 0 Å². The highest BCUT2D eigenvalue weighted by atomic mass is 35.5. The molecule has 0 saturated carbocycles. The third-order valence-corrected chi connectivity index (χ3v) is 2.87. The Morgan fingerprint density at radius 1 is 1.38 bits per heavy atom. The fraction of sp³-hybridized carbons (Fsp3) is 0.167. The van der Waals surface area contributed by atoms with Crippen LogP contribution in [0.5, 0.6) is 0 Å². The highest BCUT2D eigenvalue weighted by molar-refractivity contribution is 6.31. The molecule has 2 nitrogen and oxygen atoms in total. The Balaban J connectivity index is 2.18. The Kier molecular flexibility index (Phi) is 3.27. The third kappa shape index (κ3) is 2.26. The van der Waals surface area contributed by atoms with Gasteiger partial charge in [0.2, 0.25) is 0 Å². The molecule has 16 heavy (non-hydrogen) atoms. The number of hydrogen-bond donors (Lipinski definition) is 1. The Hall–Kier alpha value is -1.32. The first kappa shape index (κ1) is 11.2. The minimum Gasteiger partial charge on any atom is -0.472 e. The zero-order valence-electron chi connectivity index (χ0n) is 8.49. The van der Waals surface area contributed by atoms with Crippen molar-refractivity contribution >= 4 is 11.6 Å². The zero-order valence-corrected chi connectivity index (χ0v) is 9.25. The predicted octanol–water partition coefficient (Wildman–Crippen LogP) is 3.31. The van der Waals surface area contributed by atoms with Gasteiger partial charge in [0.1, 0.15) is 5.82 Å². The van der Waals surface area contributed by atoms with E-state index in [0.29, 0.717) is 12.0 Å². The molecule has 84 valence electrons. The van der Waals surface area contributed by atoms with E-state index < -0.39 is 5.82 Å². The largest absolute Gasteiger partial charge is 0.472 e. The smallest absolute Gasteiger partial charge is 0.142 e.